The highest BCUT2D eigenvalue weighted by Gasteiger charge is 2.42. The fourth-order valence-corrected chi connectivity index (χ4v) is 5.60. The van der Waals surface area contributed by atoms with Gasteiger partial charge in [0.2, 0.25) is 0 Å². The molecule has 0 radical (unpaired) electrons. The predicted molar refractivity (Wildman–Crippen MR) is 115 cm³/mol. The van der Waals surface area contributed by atoms with Gasteiger partial charge < -0.3 is 10.1 Å². The van der Waals surface area contributed by atoms with E-state index in [2.05, 4.69) is 17.4 Å². The van der Waals surface area contributed by atoms with E-state index in [1.807, 2.05) is 13.0 Å². The molecule has 1 heterocycles. The maximum absolute atomic E-state index is 12.5. The molecular formula is C23H24N2O6S. The van der Waals surface area contributed by atoms with E-state index in [4.69, 9.17) is 4.74 Å². The highest BCUT2D eigenvalue weighted by atomic mass is 32.2. The van der Waals surface area contributed by atoms with Gasteiger partial charge in [0.05, 0.1) is 11.6 Å². The van der Waals surface area contributed by atoms with E-state index in [-0.39, 0.29) is 16.5 Å². The number of rotatable bonds is 6. The molecule has 0 spiro atoms. The van der Waals surface area contributed by atoms with Crippen molar-refractivity contribution in [1.82, 2.24) is 9.62 Å². The minimum Gasteiger partial charge on any atom is -0.454 e. The van der Waals surface area contributed by atoms with Crippen molar-refractivity contribution >= 4 is 27.8 Å². The van der Waals surface area contributed by atoms with Crippen LogP contribution in [0.25, 0.3) is 0 Å². The van der Waals surface area contributed by atoms with Crippen LogP contribution in [0.3, 0.4) is 0 Å². The van der Waals surface area contributed by atoms with Crippen LogP contribution < -0.4 is 5.32 Å². The number of carbonyl (C=O) groups is 3. The van der Waals surface area contributed by atoms with Crippen molar-refractivity contribution in [2.24, 2.45) is 0 Å². The summed E-state index contributed by atoms with van der Waals surface area (Å²) in [5.41, 5.74) is 3.63. The van der Waals surface area contributed by atoms with Crippen LogP contribution in [0.1, 0.15) is 52.9 Å². The topological polar surface area (TPSA) is 110 Å². The number of sulfonamides is 1. The molecule has 0 aromatic heterocycles. The van der Waals surface area contributed by atoms with Crippen LogP contribution in [0.4, 0.5) is 0 Å². The van der Waals surface area contributed by atoms with Gasteiger partial charge in [0.1, 0.15) is 11.4 Å². The molecule has 1 N–H and O–H groups in total. The lowest BCUT2D eigenvalue weighted by molar-refractivity contribution is -0.148. The first-order valence-electron chi connectivity index (χ1n) is 10.5. The summed E-state index contributed by atoms with van der Waals surface area (Å²) in [6.45, 7) is 0.490. The lowest BCUT2D eigenvalue weighted by atomic mass is 9.89. The van der Waals surface area contributed by atoms with Gasteiger partial charge in [0.25, 0.3) is 21.8 Å². The molecule has 9 heteroatoms. The molecule has 32 heavy (non-hydrogen) atoms. The van der Waals surface area contributed by atoms with Gasteiger partial charge in [-0.25, -0.2) is 12.7 Å². The Bertz CT molecular complexity index is 1190. The molecule has 0 saturated carbocycles. The van der Waals surface area contributed by atoms with Crippen LogP contribution in [-0.4, -0.2) is 43.7 Å². The van der Waals surface area contributed by atoms with Crippen molar-refractivity contribution in [2.45, 2.75) is 43.5 Å². The molecule has 2 aromatic carbocycles. The predicted octanol–water partition coefficient (Wildman–Crippen LogP) is 2.13. The molecule has 4 rings (SSSR count). The standard InChI is InChI=1S/C23H24N2O6S/c1-15(17-11-10-16-6-2-3-7-18(16)12-17)24-21(26)14-31-22(27)13-25-23(28)19-8-4-5-9-20(19)32(25,29)30/h4-5,8-12,15H,2-3,6-7,13-14H2,1H3,(H,24,26). The van der Waals surface area contributed by atoms with E-state index in [9.17, 15) is 22.8 Å². The van der Waals surface area contributed by atoms with Crippen LogP contribution >= 0.6 is 0 Å². The van der Waals surface area contributed by atoms with E-state index in [1.54, 1.807) is 6.07 Å². The number of fused-ring (bicyclic) bond motifs is 2. The van der Waals surface area contributed by atoms with Crippen molar-refractivity contribution in [3.63, 3.8) is 0 Å². The summed E-state index contributed by atoms with van der Waals surface area (Å²) in [6, 6.07) is 11.7. The zero-order chi connectivity index (χ0) is 22.9. The van der Waals surface area contributed by atoms with Gasteiger partial charge in [-0.15, -0.1) is 0 Å². The summed E-state index contributed by atoms with van der Waals surface area (Å²) in [7, 11) is -4.11. The lowest BCUT2D eigenvalue weighted by Gasteiger charge is -2.20. The summed E-state index contributed by atoms with van der Waals surface area (Å²) in [6.07, 6.45) is 4.46. The molecular weight excluding hydrogens is 432 g/mol. The zero-order valence-corrected chi connectivity index (χ0v) is 18.5. The first-order valence-corrected chi connectivity index (χ1v) is 11.9. The SMILES string of the molecule is CC(NC(=O)COC(=O)CN1C(=O)c2ccccc2S1(=O)=O)c1ccc2c(c1)CCCC2. The summed E-state index contributed by atoms with van der Waals surface area (Å²) >= 11 is 0. The van der Waals surface area contributed by atoms with Crippen LogP contribution in [0.2, 0.25) is 0 Å². The van der Waals surface area contributed by atoms with Gasteiger partial charge >= 0.3 is 5.97 Å². The number of hydrogen-bond acceptors (Lipinski definition) is 6. The van der Waals surface area contributed by atoms with Gasteiger partial charge in [-0.1, -0.05) is 30.3 Å². The maximum Gasteiger partial charge on any atom is 0.327 e. The van der Waals surface area contributed by atoms with Gasteiger partial charge in [0, 0.05) is 0 Å². The largest absolute Gasteiger partial charge is 0.454 e. The molecule has 0 saturated heterocycles. The minimum atomic E-state index is -4.11. The molecule has 2 amide bonds. The molecule has 1 atom stereocenters. The average molecular weight is 457 g/mol. The number of ether oxygens (including phenoxy) is 1. The minimum absolute atomic E-state index is 0.0110. The van der Waals surface area contributed by atoms with Crippen molar-refractivity contribution in [2.75, 3.05) is 13.2 Å². The normalized spacial score (nSPS) is 17.3. The van der Waals surface area contributed by atoms with E-state index in [0.717, 1.165) is 24.8 Å². The fraction of sp³-hybridized carbons (Fsp3) is 0.348. The second kappa shape index (κ2) is 8.74. The Kier molecular flexibility index (Phi) is 6.01. The molecule has 0 fully saturated rings. The third-order valence-corrected chi connectivity index (χ3v) is 7.59. The summed E-state index contributed by atoms with van der Waals surface area (Å²) in [4.78, 5) is 36.6. The van der Waals surface area contributed by atoms with Gasteiger partial charge in [-0.05, 0) is 61.4 Å². The number of hydrogen-bond donors (Lipinski definition) is 1. The van der Waals surface area contributed by atoms with Crippen molar-refractivity contribution in [3.8, 4) is 0 Å². The Morgan fingerprint density at radius 1 is 1.09 bits per heavy atom. The van der Waals surface area contributed by atoms with E-state index in [1.165, 1.54) is 35.7 Å². The van der Waals surface area contributed by atoms with E-state index < -0.39 is 41.0 Å². The average Bonchev–Trinajstić information content (AvgIpc) is 2.98. The molecule has 1 aliphatic heterocycles. The molecule has 168 valence electrons. The third kappa shape index (κ3) is 4.25. The summed E-state index contributed by atoms with van der Waals surface area (Å²) < 4.78 is 30.4. The first-order chi connectivity index (χ1) is 15.3. The number of aryl methyl sites for hydroxylation is 2. The number of carbonyl (C=O) groups excluding carboxylic acids is 3. The zero-order valence-electron chi connectivity index (χ0n) is 17.7. The number of amides is 2. The Morgan fingerprint density at radius 3 is 2.56 bits per heavy atom. The Morgan fingerprint density at radius 2 is 1.81 bits per heavy atom. The smallest absolute Gasteiger partial charge is 0.327 e. The van der Waals surface area contributed by atoms with Gasteiger partial charge in [-0.2, -0.15) is 0 Å². The van der Waals surface area contributed by atoms with Crippen LogP contribution in [-0.2, 0) is 37.2 Å². The Labute approximate surface area is 186 Å². The van der Waals surface area contributed by atoms with Crippen LogP contribution in [0.15, 0.2) is 47.4 Å². The number of benzene rings is 2. The molecule has 0 bridgehead atoms. The number of nitrogens with one attached hydrogen (secondary N) is 1. The summed E-state index contributed by atoms with van der Waals surface area (Å²) in [5, 5.41) is 2.78. The lowest BCUT2D eigenvalue weighted by Crippen LogP contribution is -2.37. The maximum atomic E-state index is 12.5. The second-order valence-electron chi connectivity index (χ2n) is 8.00. The van der Waals surface area contributed by atoms with E-state index in [0.29, 0.717) is 4.31 Å². The van der Waals surface area contributed by atoms with E-state index >= 15 is 0 Å². The highest BCUT2D eigenvalue weighted by Crippen LogP contribution is 2.29. The van der Waals surface area contributed by atoms with Crippen molar-refractivity contribution in [1.29, 1.82) is 0 Å². The van der Waals surface area contributed by atoms with Gasteiger partial charge in [-0.3, -0.25) is 14.4 Å². The van der Waals surface area contributed by atoms with Gasteiger partial charge in [0.15, 0.2) is 6.61 Å². The second-order valence-corrected chi connectivity index (χ2v) is 9.83. The first kappa shape index (κ1) is 22.0. The molecule has 1 aliphatic carbocycles. The number of nitrogens with zero attached hydrogens (tertiary/aromatic N) is 1. The Balaban J connectivity index is 1.31. The number of esters is 1. The summed E-state index contributed by atoms with van der Waals surface area (Å²) in [5.74, 6) is -2.28. The molecule has 2 aromatic rings. The van der Waals surface area contributed by atoms with Crippen molar-refractivity contribution < 1.29 is 27.5 Å². The molecule has 1 unspecified atom stereocenters. The highest BCUT2D eigenvalue weighted by molar-refractivity contribution is 7.90. The third-order valence-electron chi connectivity index (χ3n) is 5.80. The molecule has 2 aliphatic rings. The monoisotopic (exact) mass is 456 g/mol. The van der Waals surface area contributed by atoms with Crippen LogP contribution in [0, 0.1) is 0 Å². The quantitative estimate of drug-likeness (QED) is 0.667. The van der Waals surface area contributed by atoms with Crippen LogP contribution in [0.5, 0.6) is 0 Å². The Hall–Kier alpha value is -3.20. The molecule has 8 nitrogen and oxygen atoms in total. The fourth-order valence-electron chi connectivity index (χ4n) is 4.09. The van der Waals surface area contributed by atoms with Crippen molar-refractivity contribution in [3.05, 3.63) is 64.7 Å².